The van der Waals surface area contributed by atoms with Crippen molar-refractivity contribution in [3.05, 3.63) is 28.2 Å². The van der Waals surface area contributed by atoms with E-state index in [0.717, 1.165) is 28.1 Å². The number of hydrogen-bond acceptors (Lipinski definition) is 2. The summed E-state index contributed by atoms with van der Waals surface area (Å²) in [6, 6.07) is 5.66. The Hall–Kier alpha value is -0.830. The molecule has 1 fully saturated rings. The van der Waals surface area contributed by atoms with Gasteiger partial charge in [-0.1, -0.05) is 28.8 Å². The number of rotatable bonds is 2. The highest BCUT2D eigenvalue weighted by Gasteiger charge is 2.32. The standard InChI is InChI=1S/C13H13BrO2/c14-9-3-4-13-11(6-9)12(15)7-10(16-13)5-8-1-2-8/h3-4,6,8,10H,1-2,5,7H2. The molecule has 1 unspecified atom stereocenters. The van der Waals surface area contributed by atoms with E-state index < -0.39 is 0 Å². The number of halogens is 1. The Labute approximate surface area is 103 Å². The van der Waals surface area contributed by atoms with Crippen molar-refractivity contribution in [3.8, 4) is 5.75 Å². The van der Waals surface area contributed by atoms with Crippen LogP contribution in [-0.4, -0.2) is 11.9 Å². The van der Waals surface area contributed by atoms with E-state index in [4.69, 9.17) is 4.74 Å². The molecule has 3 heteroatoms. The molecule has 3 rings (SSSR count). The Balaban J connectivity index is 1.84. The number of fused-ring (bicyclic) bond motifs is 1. The molecule has 0 spiro atoms. The van der Waals surface area contributed by atoms with Crippen LogP contribution in [0.15, 0.2) is 22.7 Å². The van der Waals surface area contributed by atoms with E-state index in [-0.39, 0.29) is 11.9 Å². The highest BCUT2D eigenvalue weighted by molar-refractivity contribution is 9.10. The van der Waals surface area contributed by atoms with E-state index >= 15 is 0 Å². The normalized spacial score (nSPS) is 23.8. The summed E-state index contributed by atoms with van der Waals surface area (Å²) in [7, 11) is 0. The second-order valence-corrected chi connectivity index (χ2v) is 5.60. The minimum atomic E-state index is 0.105. The van der Waals surface area contributed by atoms with E-state index in [1.165, 1.54) is 12.8 Å². The molecule has 0 amide bonds. The third-order valence-corrected chi connectivity index (χ3v) is 3.74. The lowest BCUT2D eigenvalue weighted by Gasteiger charge is -2.25. The summed E-state index contributed by atoms with van der Waals surface area (Å²) in [6.07, 6.45) is 4.30. The topological polar surface area (TPSA) is 26.3 Å². The van der Waals surface area contributed by atoms with Gasteiger partial charge in [0.15, 0.2) is 5.78 Å². The number of Topliss-reactive ketones (excluding diaryl/α,β-unsaturated/α-hetero) is 1. The van der Waals surface area contributed by atoms with E-state index in [1.807, 2.05) is 18.2 Å². The maximum atomic E-state index is 11.9. The van der Waals surface area contributed by atoms with Gasteiger partial charge in [0.05, 0.1) is 5.56 Å². The molecule has 0 aromatic heterocycles. The van der Waals surface area contributed by atoms with Gasteiger partial charge in [0.25, 0.3) is 0 Å². The van der Waals surface area contributed by atoms with Gasteiger partial charge in [-0.25, -0.2) is 0 Å². The first kappa shape index (κ1) is 10.3. The van der Waals surface area contributed by atoms with Crippen LogP contribution in [0.5, 0.6) is 5.75 Å². The second kappa shape index (κ2) is 3.88. The molecular weight excluding hydrogens is 268 g/mol. The van der Waals surface area contributed by atoms with E-state index in [2.05, 4.69) is 15.9 Å². The highest BCUT2D eigenvalue weighted by atomic mass is 79.9. The summed E-state index contributed by atoms with van der Waals surface area (Å²) >= 11 is 3.38. The van der Waals surface area contributed by atoms with Gasteiger partial charge in [0.1, 0.15) is 11.9 Å². The molecule has 1 heterocycles. The summed E-state index contributed by atoms with van der Waals surface area (Å²) in [5.74, 6) is 1.77. The lowest BCUT2D eigenvalue weighted by Crippen LogP contribution is -2.27. The van der Waals surface area contributed by atoms with Crippen molar-refractivity contribution in [2.24, 2.45) is 5.92 Å². The van der Waals surface area contributed by atoms with Gasteiger partial charge in [-0.3, -0.25) is 4.79 Å². The Kier molecular flexibility index (Phi) is 2.51. The average Bonchev–Trinajstić information content (AvgIpc) is 3.03. The fourth-order valence-corrected chi connectivity index (χ4v) is 2.58. The van der Waals surface area contributed by atoms with E-state index in [0.29, 0.717) is 6.42 Å². The first-order valence-electron chi connectivity index (χ1n) is 5.72. The first-order chi connectivity index (χ1) is 7.72. The number of carbonyl (C=O) groups excluding carboxylic acids is 1. The van der Waals surface area contributed by atoms with E-state index in [9.17, 15) is 4.79 Å². The van der Waals surface area contributed by atoms with Gasteiger partial charge in [0.2, 0.25) is 0 Å². The number of benzene rings is 1. The summed E-state index contributed by atoms with van der Waals surface area (Å²) in [5, 5.41) is 0. The van der Waals surface area contributed by atoms with Crippen molar-refractivity contribution in [1.29, 1.82) is 0 Å². The number of ether oxygens (including phenoxy) is 1. The molecule has 1 atom stereocenters. The maximum absolute atomic E-state index is 11.9. The summed E-state index contributed by atoms with van der Waals surface area (Å²) in [4.78, 5) is 11.9. The van der Waals surface area contributed by atoms with Crippen LogP contribution >= 0.6 is 15.9 Å². The SMILES string of the molecule is O=C1CC(CC2CC2)Oc2ccc(Br)cc21. The van der Waals surface area contributed by atoms with Gasteiger partial charge < -0.3 is 4.74 Å². The van der Waals surface area contributed by atoms with Gasteiger partial charge >= 0.3 is 0 Å². The predicted octanol–water partition coefficient (Wildman–Crippen LogP) is 3.58. The number of hydrogen-bond donors (Lipinski definition) is 0. The van der Waals surface area contributed by atoms with Crippen LogP contribution in [0.4, 0.5) is 0 Å². The maximum Gasteiger partial charge on any atom is 0.170 e. The molecule has 0 N–H and O–H groups in total. The zero-order valence-corrected chi connectivity index (χ0v) is 10.5. The minimum absolute atomic E-state index is 0.105. The molecule has 16 heavy (non-hydrogen) atoms. The van der Waals surface area contributed by atoms with Gasteiger partial charge in [0, 0.05) is 10.9 Å². The van der Waals surface area contributed by atoms with Crippen molar-refractivity contribution < 1.29 is 9.53 Å². The molecule has 2 aliphatic rings. The average molecular weight is 281 g/mol. The smallest absolute Gasteiger partial charge is 0.170 e. The second-order valence-electron chi connectivity index (χ2n) is 4.69. The zero-order chi connectivity index (χ0) is 11.1. The molecule has 1 aromatic rings. The molecule has 1 aliphatic carbocycles. The molecule has 0 radical (unpaired) electrons. The summed E-state index contributed by atoms with van der Waals surface area (Å²) in [6.45, 7) is 0. The molecule has 0 saturated heterocycles. The highest BCUT2D eigenvalue weighted by Crippen LogP contribution is 2.38. The van der Waals surface area contributed by atoms with Crippen molar-refractivity contribution in [1.82, 2.24) is 0 Å². The molecule has 2 nitrogen and oxygen atoms in total. The predicted molar refractivity (Wildman–Crippen MR) is 64.8 cm³/mol. The van der Waals surface area contributed by atoms with Gasteiger partial charge in [-0.2, -0.15) is 0 Å². The Morgan fingerprint density at radius 1 is 1.38 bits per heavy atom. The van der Waals surface area contributed by atoms with Crippen LogP contribution in [0.3, 0.4) is 0 Å². The largest absolute Gasteiger partial charge is 0.489 e. The Morgan fingerprint density at radius 3 is 2.94 bits per heavy atom. The van der Waals surface area contributed by atoms with Crippen LogP contribution in [0, 0.1) is 5.92 Å². The molecule has 1 aromatic carbocycles. The van der Waals surface area contributed by atoms with Crippen molar-refractivity contribution in [2.75, 3.05) is 0 Å². The van der Waals surface area contributed by atoms with Crippen LogP contribution < -0.4 is 4.74 Å². The van der Waals surface area contributed by atoms with Crippen LogP contribution in [0.1, 0.15) is 36.0 Å². The summed E-state index contributed by atoms with van der Waals surface area (Å²) in [5.41, 5.74) is 0.724. The third kappa shape index (κ3) is 2.01. The third-order valence-electron chi connectivity index (χ3n) is 3.24. The van der Waals surface area contributed by atoms with E-state index in [1.54, 1.807) is 0 Å². The first-order valence-corrected chi connectivity index (χ1v) is 6.51. The number of ketones is 1. The molecule has 1 aliphatic heterocycles. The van der Waals surface area contributed by atoms with Gasteiger partial charge in [-0.15, -0.1) is 0 Å². The lowest BCUT2D eigenvalue weighted by molar-refractivity contribution is 0.0831. The fourth-order valence-electron chi connectivity index (χ4n) is 2.22. The summed E-state index contributed by atoms with van der Waals surface area (Å²) < 4.78 is 6.80. The number of carbonyl (C=O) groups is 1. The Bertz CT molecular complexity index is 438. The lowest BCUT2D eigenvalue weighted by atomic mass is 9.98. The zero-order valence-electron chi connectivity index (χ0n) is 8.91. The van der Waals surface area contributed by atoms with Crippen LogP contribution in [-0.2, 0) is 0 Å². The molecular formula is C13H13BrO2. The monoisotopic (exact) mass is 280 g/mol. The minimum Gasteiger partial charge on any atom is -0.489 e. The fraction of sp³-hybridized carbons (Fsp3) is 0.462. The van der Waals surface area contributed by atoms with Crippen LogP contribution in [0.2, 0.25) is 0 Å². The van der Waals surface area contributed by atoms with Gasteiger partial charge in [-0.05, 0) is 30.5 Å². The Morgan fingerprint density at radius 2 is 2.19 bits per heavy atom. The van der Waals surface area contributed by atoms with Crippen molar-refractivity contribution in [3.63, 3.8) is 0 Å². The molecule has 1 saturated carbocycles. The molecule has 84 valence electrons. The van der Waals surface area contributed by atoms with Crippen molar-refractivity contribution >= 4 is 21.7 Å². The molecule has 0 bridgehead atoms. The van der Waals surface area contributed by atoms with Crippen molar-refractivity contribution in [2.45, 2.75) is 31.8 Å². The quantitative estimate of drug-likeness (QED) is 0.828. The van der Waals surface area contributed by atoms with Crippen LogP contribution in [0.25, 0.3) is 0 Å².